The fourth-order valence-corrected chi connectivity index (χ4v) is 17.8. The number of carbonyl (C=O) groups is 17. The number of hydrogen-bond donors (Lipinski definition) is 20. The van der Waals surface area contributed by atoms with E-state index in [0.29, 0.717) is 69.7 Å². The summed E-state index contributed by atoms with van der Waals surface area (Å²) in [7, 11) is 3.90. The van der Waals surface area contributed by atoms with Gasteiger partial charge in [-0.05, 0) is 116 Å². The topological polar surface area (TPSA) is 646 Å². The molecule has 6 heterocycles. The number of phenols is 1. The number of nitrogens with one attached hydrogen (secondary N) is 14. The third-order valence-electron chi connectivity index (χ3n) is 24.5. The number of nitrogens with two attached hydrogens (primary N) is 3. The Balaban J connectivity index is 1.11. The molecule has 137 heavy (non-hydrogen) atoms. The number of fused-ring (bicyclic) bond motifs is 4. The number of pyridine rings is 1. The number of para-hydroxylation sites is 2. The highest BCUT2D eigenvalue weighted by Gasteiger charge is 2.47. The molecule has 0 saturated carbocycles. The van der Waals surface area contributed by atoms with Crippen LogP contribution < -0.4 is 75.7 Å². The average Bonchev–Trinajstić information content (AvgIpc) is 1.67. The van der Waals surface area contributed by atoms with E-state index in [1.807, 2.05) is 13.8 Å². The minimum absolute atomic E-state index is 0.0129. The van der Waals surface area contributed by atoms with Crippen molar-refractivity contribution in [2.45, 2.75) is 234 Å². The molecule has 43 nitrogen and oxygen atoms in total. The fraction of sp³-hybridized carbons (Fsp3) is 0.516. The van der Waals surface area contributed by atoms with E-state index in [9.17, 15) is 58.5 Å². The van der Waals surface area contributed by atoms with Crippen LogP contribution in [0, 0.1) is 11.3 Å². The summed E-state index contributed by atoms with van der Waals surface area (Å²) in [5, 5.41) is 71.3. The lowest BCUT2D eigenvalue weighted by atomic mass is 10.00. The van der Waals surface area contributed by atoms with Crippen molar-refractivity contribution in [2.24, 2.45) is 23.1 Å². The number of amides is 17. The number of aliphatic hydroxyl groups is 2. The third-order valence-corrected chi connectivity index (χ3v) is 25.6. The van der Waals surface area contributed by atoms with Crippen LogP contribution in [0.3, 0.4) is 0 Å². The van der Waals surface area contributed by atoms with Gasteiger partial charge in [0.05, 0.1) is 31.4 Å². The first kappa shape index (κ1) is 107. The van der Waals surface area contributed by atoms with Crippen LogP contribution in [0.5, 0.6) is 5.75 Å². The standard InChI is InChI=1S/C93H129N23O20S/c1-9-11-24-72-85(129)104-63(23-17-33-99-93(96)97)81(125)111-71(80(124)102-46-77(95)121)49-137-50-78(122)103-67(39-53-27-29-57(118)30-28-53)88(132)112(6)52(5)79(123)107-69(43-76(94)120)90(134)115-36-18-26-73(115)86(130)105-64(38-54-31-34-98-35-32-54)82(126)108-66(37-51(3)4)91(135)116-47-58(119)42-75(116)87(131)106-65(40-55-44-100-61-21-15-13-19-59(55)61)83(127)110-70(48-117)84(128)109-68(41-56-45-101-62-22-16-14-20-60(56)62)89(133)114(8)74(25-12-10-2)92(136)113(72)7/h13-16,19-22,27-32,34-35,44-45,51-52,58,63-75,100-101,117-119H,9-12,17-18,23-26,33,36-43,46-50H2,1-8H3,(H2,94,120)(H2,95,121)(H,102,124)(H,103,122)(H,104,129)(H,105,130)(H,106,131)(H,107,123)(H,108,126)(H,109,128)(H,110,127)(H,111,125)(H4,96,97,99)/t52-,58+,63-,64-,65-,66-,67-,68-,69-,70-,71-,72-,73-,74-,75-/m0/s1. The number of likely N-dealkylation sites (N-methyl/N-ethyl adjacent to an activating group) is 3. The van der Waals surface area contributed by atoms with Crippen LogP contribution in [-0.2, 0) is 107 Å². The van der Waals surface area contributed by atoms with Gasteiger partial charge in [0.25, 0.3) is 0 Å². The Kier molecular flexibility index (Phi) is 40.0. The lowest BCUT2D eigenvalue weighted by Gasteiger charge is -2.36. The van der Waals surface area contributed by atoms with Crippen LogP contribution in [0.2, 0.25) is 0 Å². The molecule has 3 aliphatic heterocycles. The average molecular weight is 1920 g/mol. The highest BCUT2D eigenvalue weighted by atomic mass is 32.2. The minimum Gasteiger partial charge on any atom is -0.508 e. The second-order valence-electron chi connectivity index (χ2n) is 35.3. The van der Waals surface area contributed by atoms with Crippen molar-refractivity contribution in [3.8, 4) is 5.75 Å². The van der Waals surface area contributed by atoms with Crippen molar-refractivity contribution in [1.82, 2.24) is 97.9 Å². The van der Waals surface area contributed by atoms with Gasteiger partial charge in [0, 0.05) is 125 Å². The molecule has 3 aliphatic rings. The van der Waals surface area contributed by atoms with E-state index in [-0.39, 0.29) is 95.4 Å². The van der Waals surface area contributed by atoms with Gasteiger partial charge in [-0.1, -0.05) is 102 Å². The zero-order chi connectivity index (χ0) is 100. The van der Waals surface area contributed by atoms with Crippen LogP contribution in [-0.4, -0.2) is 317 Å². The fourth-order valence-electron chi connectivity index (χ4n) is 16.9. The number of benzene rings is 3. The second kappa shape index (κ2) is 51.2. The van der Waals surface area contributed by atoms with Gasteiger partial charge in [0.15, 0.2) is 5.96 Å². The number of H-pyrrole nitrogens is 2. The number of thioether (sulfide) groups is 1. The Morgan fingerprint density at radius 2 is 1.04 bits per heavy atom. The molecule has 0 bridgehead atoms. The molecule has 6 aromatic rings. The van der Waals surface area contributed by atoms with E-state index in [0.717, 1.165) is 36.3 Å². The third kappa shape index (κ3) is 30.1. The van der Waals surface area contributed by atoms with Crippen molar-refractivity contribution >= 4 is 140 Å². The lowest BCUT2D eigenvalue weighted by Crippen LogP contribution is -2.62. The summed E-state index contributed by atoms with van der Waals surface area (Å²) in [6.45, 7) is 6.03. The first-order valence-corrected chi connectivity index (χ1v) is 47.1. The van der Waals surface area contributed by atoms with Crippen molar-refractivity contribution in [1.29, 1.82) is 5.41 Å². The van der Waals surface area contributed by atoms with Crippen LogP contribution in [0.25, 0.3) is 21.8 Å². The predicted molar refractivity (Wildman–Crippen MR) is 505 cm³/mol. The SMILES string of the molecule is CCCC[C@H]1C(=O)N(C)[C@@H](CCCC)C(=O)N[C@@H](CCCNC(=N)N)C(=O)N[C@H](C(=O)NCC(N)=O)CSCC(=O)N[C@@H](Cc2ccc(O)cc2)C(=O)N(C)[C@@H](C)C(=O)N[C@@H](CC(N)=O)C(=O)N2CCC[C@H]2C(=O)N[C@@H](Cc2ccncc2)C(=O)N[C@@H](CC(C)C)C(=O)N2C[C@H](O)C[C@H]2C(=O)N[C@@H](Cc2c[nH]c3ccccc23)C(=O)N[C@@H](CO)C(=O)N[C@@H](Cc2c[nH]c3ccccc23)C(=O)N1C. The Morgan fingerprint density at radius 3 is 1.64 bits per heavy atom. The number of aromatic hydroxyl groups is 1. The Bertz CT molecular complexity index is 5290. The van der Waals surface area contributed by atoms with Gasteiger partial charge in [-0.25, -0.2) is 0 Å². The van der Waals surface area contributed by atoms with E-state index in [1.165, 1.54) is 64.7 Å². The first-order chi connectivity index (χ1) is 65.3. The number of nitrogens with zero attached hydrogens (tertiary/aromatic N) is 6. The summed E-state index contributed by atoms with van der Waals surface area (Å²) in [4.78, 5) is 267. The number of carbonyl (C=O) groups excluding carboxylic acids is 17. The van der Waals surface area contributed by atoms with Crippen LogP contribution in [0.1, 0.15) is 140 Å². The first-order valence-electron chi connectivity index (χ1n) is 46.0. The predicted octanol–water partition coefficient (Wildman–Crippen LogP) is -2.26. The Hall–Kier alpha value is -13.8. The number of aromatic nitrogens is 3. The maximum absolute atomic E-state index is 15.8. The zero-order valence-electron chi connectivity index (χ0n) is 78.2. The van der Waals surface area contributed by atoms with Gasteiger partial charge in [0.2, 0.25) is 100 Å². The Labute approximate surface area is 796 Å². The molecule has 3 fully saturated rings. The van der Waals surface area contributed by atoms with Gasteiger partial charge in [-0.2, -0.15) is 0 Å². The smallest absolute Gasteiger partial charge is 0.246 e. The van der Waals surface area contributed by atoms with Crippen LogP contribution in [0.4, 0.5) is 0 Å². The minimum atomic E-state index is -1.89. The molecule has 0 radical (unpaired) electrons. The zero-order valence-corrected chi connectivity index (χ0v) is 79.0. The number of aliphatic hydroxyl groups excluding tert-OH is 2. The summed E-state index contributed by atoms with van der Waals surface area (Å²) in [6, 6.07) is 0.910. The molecule has 9 rings (SSSR count). The number of phenolic OH excluding ortho intramolecular Hbond substituents is 1. The number of primary amides is 2. The number of unbranched alkanes of at least 4 members (excludes halogenated alkanes) is 2. The van der Waals surface area contributed by atoms with Crippen molar-refractivity contribution in [3.05, 3.63) is 132 Å². The molecule has 17 amide bonds. The molecule has 0 unspecified atom stereocenters. The molecular formula is C93H129N23O20S. The summed E-state index contributed by atoms with van der Waals surface area (Å²) >= 11 is 0.761. The van der Waals surface area contributed by atoms with Crippen LogP contribution >= 0.6 is 11.8 Å². The van der Waals surface area contributed by atoms with Crippen molar-refractivity contribution < 1.29 is 96.8 Å². The number of guanidine groups is 1. The normalized spacial score (nSPS) is 24.5. The van der Waals surface area contributed by atoms with Crippen molar-refractivity contribution in [2.75, 3.05) is 65.4 Å². The molecule has 742 valence electrons. The van der Waals surface area contributed by atoms with Gasteiger partial charge < -0.3 is 125 Å². The molecule has 0 aliphatic carbocycles. The van der Waals surface area contributed by atoms with Gasteiger partial charge in [0.1, 0.15) is 90.3 Å². The van der Waals surface area contributed by atoms with E-state index < -0.39 is 241 Å². The van der Waals surface area contributed by atoms with Gasteiger partial charge in [-0.15, -0.1) is 11.8 Å². The molecule has 0 spiro atoms. The monoisotopic (exact) mass is 1920 g/mol. The van der Waals surface area contributed by atoms with Crippen LogP contribution in [0.15, 0.2) is 110 Å². The second-order valence-corrected chi connectivity index (χ2v) is 36.3. The largest absolute Gasteiger partial charge is 0.508 e. The van der Waals surface area contributed by atoms with E-state index in [2.05, 4.69) is 73.4 Å². The summed E-state index contributed by atoms with van der Waals surface area (Å²) in [6.07, 6.45) is 3.90. The summed E-state index contributed by atoms with van der Waals surface area (Å²) < 4.78 is 0. The van der Waals surface area contributed by atoms with E-state index in [1.54, 1.807) is 86.9 Å². The molecule has 3 saturated heterocycles. The van der Waals surface area contributed by atoms with E-state index >= 15 is 38.4 Å². The van der Waals surface area contributed by atoms with Gasteiger partial charge in [-0.3, -0.25) is 91.9 Å². The highest BCUT2D eigenvalue weighted by Crippen LogP contribution is 2.28. The number of hydrogen-bond acceptors (Lipinski definition) is 23. The lowest BCUT2D eigenvalue weighted by molar-refractivity contribution is -0.149. The maximum atomic E-state index is 15.8. The highest BCUT2D eigenvalue weighted by molar-refractivity contribution is 8.00. The molecule has 23 N–H and O–H groups in total. The number of rotatable bonds is 26. The van der Waals surface area contributed by atoms with Gasteiger partial charge >= 0.3 is 0 Å². The quantitative estimate of drug-likeness (QED) is 0.0155. The summed E-state index contributed by atoms with van der Waals surface area (Å²) in [5.41, 5.74) is 19.9. The molecule has 3 aromatic heterocycles. The molecule has 3 aromatic carbocycles. The molecule has 44 heteroatoms. The van der Waals surface area contributed by atoms with E-state index in [4.69, 9.17) is 22.6 Å². The Morgan fingerprint density at radius 1 is 0.533 bits per heavy atom. The maximum Gasteiger partial charge on any atom is 0.246 e. The van der Waals surface area contributed by atoms with Crippen molar-refractivity contribution in [3.63, 3.8) is 0 Å². The molecule has 15 atom stereocenters. The summed E-state index contributed by atoms with van der Waals surface area (Å²) in [5.74, 6) is -18.0. The molecular weight excluding hydrogens is 1790 g/mol. The number of aromatic amines is 2.